The summed E-state index contributed by atoms with van der Waals surface area (Å²) >= 11 is 5.98. The van der Waals surface area contributed by atoms with Crippen molar-refractivity contribution in [2.75, 3.05) is 0 Å². The Labute approximate surface area is 176 Å². The molecular formula is C25H26ClNO2. The highest BCUT2D eigenvalue weighted by Gasteiger charge is 2.66. The van der Waals surface area contributed by atoms with Crippen LogP contribution in [-0.4, -0.2) is 11.7 Å². The summed E-state index contributed by atoms with van der Waals surface area (Å²) in [5.74, 6) is 0.461. The molecule has 1 spiro atoms. The molecule has 0 heterocycles. The predicted molar refractivity (Wildman–Crippen MR) is 114 cm³/mol. The minimum atomic E-state index is -0.263. The van der Waals surface area contributed by atoms with Gasteiger partial charge in [-0.1, -0.05) is 48.9 Å². The second-order valence-electron chi connectivity index (χ2n) is 9.52. The Balaban J connectivity index is 1.52. The van der Waals surface area contributed by atoms with Gasteiger partial charge in [0, 0.05) is 28.8 Å². The van der Waals surface area contributed by atoms with Gasteiger partial charge in [-0.2, -0.15) is 0 Å². The molecule has 1 amide bonds. The van der Waals surface area contributed by atoms with Crippen molar-refractivity contribution in [3.8, 4) is 0 Å². The molecule has 2 fully saturated rings. The number of nitrogens with one attached hydrogen (secondary N) is 1. The molecule has 0 unspecified atom stereocenters. The van der Waals surface area contributed by atoms with E-state index in [1.54, 1.807) is 0 Å². The van der Waals surface area contributed by atoms with E-state index in [0.717, 1.165) is 24.8 Å². The Bertz CT molecular complexity index is 1010. The van der Waals surface area contributed by atoms with E-state index in [0.29, 0.717) is 29.7 Å². The van der Waals surface area contributed by atoms with Gasteiger partial charge in [0.25, 0.3) is 0 Å². The van der Waals surface area contributed by atoms with Crippen LogP contribution in [0.25, 0.3) is 0 Å². The summed E-state index contributed by atoms with van der Waals surface area (Å²) in [5, 5.41) is 3.86. The zero-order valence-corrected chi connectivity index (χ0v) is 17.7. The maximum absolute atomic E-state index is 13.6. The summed E-state index contributed by atoms with van der Waals surface area (Å²) in [5.41, 5.74) is 4.14. The lowest BCUT2D eigenvalue weighted by molar-refractivity contribution is -0.126. The van der Waals surface area contributed by atoms with Crippen molar-refractivity contribution in [1.82, 2.24) is 5.32 Å². The first kappa shape index (κ1) is 18.9. The number of halogens is 1. The van der Waals surface area contributed by atoms with Crippen molar-refractivity contribution < 1.29 is 9.59 Å². The van der Waals surface area contributed by atoms with Crippen molar-refractivity contribution >= 4 is 23.3 Å². The maximum atomic E-state index is 13.6. The molecule has 4 heteroatoms. The van der Waals surface area contributed by atoms with Crippen LogP contribution in [0.1, 0.15) is 66.7 Å². The first-order valence-electron chi connectivity index (χ1n) is 10.5. The van der Waals surface area contributed by atoms with Crippen LogP contribution < -0.4 is 5.32 Å². The number of Topliss-reactive ketones (excluding diaryl/α,β-unsaturated/α-hetero) is 1. The van der Waals surface area contributed by atoms with Crippen molar-refractivity contribution in [1.29, 1.82) is 0 Å². The lowest BCUT2D eigenvalue weighted by atomic mass is 9.60. The van der Waals surface area contributed by atoms with Crippen LogP contribution >= 0.6 is 11.6 Å². The molecule has 0 aliphatic heterocycles. The van der Waals surface area contributed by atoms with Gasteiger partial charge in [0.1, 0.15) is 5.78 Å². The Kier molecular flexibility index (Phi) is 4.19. The molecular weight excluding hydrogens is 382 g/mol. The zero-order valence-electron chi connectivity index (χ0n) is 16.9. The summed E-state index contributed by atoms with van der Waals surface area (Å²) in [6.07, 6.45) is 3.29. The number of aryl methyl sites for hydroxylation is 1. The molecule has 0 saturated heterocycles. The first-order chi connectivity index (χ1) is 13.8. The van der Waals surface area contributed by atoms with Crippen LogP contribution in [0.2, 0.25) is 5.02 Å². The lowest BCUT2D eigenvalue weighted by Crippen LogP contribution is -2.40. The third-order valence-corrected chi connectivity index (χ3v) is 8.05. The van der Waals surface area contributed by atoms with Gasteiger partial charge < -0.3 is 5.32 Å². The van der Waals surface area contributed by atoms with Crippen molar-refractivity contribution in [3.63, 3.8) is 0 Å². The number of ketones is 1. The Morgan fingerprint density at radius 3 is 2.72 bits per heavy atom. The normalized spacial score (nSPS) is 32.0. The average Bonchev–Trinajstić information content (AvgIpc) is 3.08. The summed E-state index contributed by atoms with van der Waals surface area (Å²) < 4.78 is 0. The number of amides is 1. The number of carbonyl (C=O) groups is 2. The van der Waals surface area contributed by atoms with Gasteiger partial charge in [-0.25, -0.2) is 0 Å². The fourth-order valence-corrected chi connectivity index (χ4v) is 6.60. The third kappa shape index (κ3) is 2.70. The largest absolute Gasteiger partial charge is 0.351 e. The molecule has 0 aromatic heterocycles. The number of benzene rings is 2. The van der Waals surface area contributed by atoms with Gasteiger partial charge >= 0.3 is 0 Å². The Hall–Kier alpha value is -2.13. The van der Waals surface area contributed by atoms with Crippen LogP contribution in [0.5, 0.6) is 0 Å². The van der Waals surface area contributed by atoms with Gasteiger partial charge in [-0.05, 0) is 66.5 Å². The minimum Gasteiger partial charge on any atom is -0.351 e. The quantitative estimate of drug-likeness (QED) is 0.750. The molecule has 2 bridgehead atoms. The first-order valence-corrected chi connectivity index (χ1v) is 10.9. The Morgan fingerprint density at radius 2 is 1.97 bits per heavy atom. The molecule has 0 radical (unpaired) electrons. The topological polar surface area (TPSA) is 46.2 Å². The lowest BCUT2D eigenvalue weighted by Gasteiger charge is -2.42. The average molecular weight is 408 g/mol. The molecule has 1 N–H and O–H groups in total. The smallest absolute Gasteiger partial charge is 0.228 e. The van der Waals surface area contributed by atoms with Crippen molar-refractivity contribution in [3.05, 3.63) is 69.7 Å². The number of rotatable bonds is 3. The Morgan fingerprint density at radius 1 is 1.21 bits per heavy atom. The summed E-state index contributed by atoms with van der Waals surface area (Å²) in [6, 6.07) is 13.9. The third-order valence-electron chi connectivity index (χ3n) is 7.80. The second kappa shape index (κ2) is 6.43. The monoisotopic (exact) mass is 407 g/mol. The van der Waals surface area contributed by atoms with Gasteiger partial charge in [-0.3, -0.25) is 9.59 Å². The van der Waals surface area contributed by atoms with Gasteiger partial charge in [0.05, 0.1) is 5.92 Å². The van der Waals surface area contributed by atoms with Crippen LogP contribution in [0, 0.1) is 17.8 Å². The fraction of sp³-hybridized carbons (Fsp3) is 0.440. The highest BCUT2D eigenvalue weighted by atomic mass is 35.5. The van der Waals surface area contributed by atoms with E-state index in [-0.39, 0.29) is 22.7 Å². The summed E-state index contributed by atoms with van der Waals surface area (Å²) in [6.45, 7) is 4.68. The molecule has 3 nitrogen and oxygen atoms in total. The molecule has 3 aliphatic rings. The maximum Gasteiger partial charge on any atom is 0.228 e. The summed E-state index contributed by atoms with van der Waals surface area (Å²) in [4.78, 5) is 26.6. The van der Waals surface area contributed by atoms with E-state index in [2.05, 4.69) is 37.4 Å². The highest BCUT2D eigenvalue weighted by molar-refractivity contribution is 6.30. The molecule has 2 saturated carbocycles. The van der Waals surface area contributed by atoms with E-state index in [1.165, 1.54) is 16.7 Å². The van der Waals surface area contributed by atoms with E-state index in [1.807, 2.05) is 24.3 Å². The molecule has 150 valence electrons. The van der Waals surface area contributed by atoms with Crippen LogP contribution in [0.15, 0.2) is 42.5 Å². The highest BCUT2D eigenvalue weighted by Crippen LogP contribution is 2.71. The van der Waals surface area contributed by atoms with E-state index in [4.69, 9.17) is 11.6 Å². The van der Waals surface area contributed by atoms with Gasteiger partial charge in [-0.15, -0.1) is 0 Å². The van der Waals surface area contributed by atoms with Gasteiger partial charge in [0.15, 0.2) is 0 Å². The number of fused-ring (bicyclic) bond motifs is 3. The number of hydrogen-bond acceptors (Lipinski definition) is 2. The molecule has 2 aromatic carbocycles. The van der Waals surface area contributed by atoms with Crippen LogP contribution in [0.3, 0.4) is 0 Å². The number of carbonyl (C=O) groups excluding carboxylic acids is 2. The predicted octanol–water partition coefficient (Wildman–Crippen LogP) is 5.30. The number of hydrogen-bond donors (Lipinski definition) is 1. The standard InChI is InChI=1S/C25H26ClNO2/c1-15-4-3-5-18-19-10-11-24(2)14-25(19,12-20(24)28)22(21(15)18)23(29)27-13-16-6-8-17(26)9-7-16/h3-9,19,22H,10-14H2,1-2H3,(H,27,29)/t19-,22-,24+,25-/m1/s1. The minimum absolute atomic E-state index is 0.0527. The summed E-state index contributed by atoms with van der Waals surface area (Å²) in [7, 11) is 0. The van der Waals surface area contributed by atoms with Crippen LogP contribution in [-0.2, 0) is 16.1 Å². The van der Waals surface area contributed by atoms with Crippen LogP contribution in [0.4, 0.5) is 0 Å². The van der Waals surface area contributed by atoms with Gasteiger partial charge in [0.2, 0.25) is 5.91 Å². The molecule has 5 rings (SSSR count). The second-order valence-corrected chi connectivity index (χ2v) is 9.95. The van der Waals surface area contributed by atoms with Crippen molar-refractivity contribution in [2.24, 2.45) is 10.8 Å². The zero-order chi connectivity index (χ0) is 20.4. The van der Waals surface area contributed by atoms with Crippen molar-refractivity contribution in [2.45, 2.75) is 57.9 Å². The SMILES string of the molecule is Cc1cccc2c1[C@H](C(=O)NCc1ccc(Cl)cc1)[C@@]13CC(=O)[C@@](C)(CC[C@H]21)C3. The molecule has 2 aromatic rings. The molecule has 3 aliphatic carbocycles. The molecule has 29 heavy (non-hydrogen) atoms. The molecule has 4 atom stereocenters. The fourth-order valence-electron chi connectivity index (χ4n) is 6.47. The van der Waals surface area contributed by atoms with E-state index < -0.39 is 0 Å². The van der Waals surface area contributed by atoms with E-state index in [9.17, 15) is 9.59 Å². The van der Waals surface area contributed by atoms with E-state index >= 15 is 0 Å².